The number of rotatable bonds is 9. The Labute approximate surface area is 129 Å². The van der Waals surface area contributed by atoms with E-state index in [1.165, 1.54) is 0 Å². The summed E-state index contributed by atoms with van der Waals surface area (Å²) < 4.78 is 5.24. The fourth-order valence-corrected chi connectivity index (χ4v) is 1.88. The summed E-state index contributed by atoms with van der Waals surface area (Å²) >= 11 is 0. The fourth-order valence-electron chi connectivity index (χ4n) is 1.88. The minimum absolute atomic E-state index is 0.235. The van der Waals surface area contributed by atoms with Gasteiger partial charge in [-0.3, -0.25) is 0 Å². The van der Waals surface area contributed by atoms with Crippen molar-refractivity contribution in [2.75, 3.05) is 19.6 Å². The zero-order valence-corrected chi connectivity index (χ0v) is 14.5. The first-order valence-electron chi connectivity index (χ1n) is 7.97. The minimum Gasteiger partial charge on any atom is -0.444 e. The van der Waals surface area contributed by atoms with E-state index in [1.54, 1.807) is 0 Å². The summed E-state index contributed by atoms with van der Waals surface area (Å²) in [5.41, 5.74) is -0.462. The molecule has 2 unspecified atom stereocenters. The standard InChI is InChI=1S/C16H34N2O3/c1-12(2)14(10-17-9-7-8-13(3)19)11-18-15(20)21-16(4,5)6/h12-14,17,19H,7-11H2,1-6H3,(H,18,20). The van der Waals surface area contributed by atoms with E-state index in [0.29, 0.717) is 18.4 Å². The summed E-state index contributed by atoms with van der Waals surface area (Å²) in [6.07, 6.45) is 1.18. The number of aliphatic hydroxyl groups is 1. The van der Waals surface area contributed by atoms with E-state index >= 15 is 0 Å². The number of alkyl carbamates (subject to hydrolysis) is 1. The molecule has 5 heteroatoms. The minimum atomic E-state index is -0.462. The van der Waals surface area contributed by atoms with Crippen molar-refractivity contribution < 1.29 is 14.6 Å². The molecule has 0 aliphatic heterocycles. The van der Waals surface area contributed by atoms with E-state index < -0.39 is 5.60 Å². The van der Waals surface area contributed by atoms with Crippen molar-refractivity contribution in [1.29, 1.82) is 0 Å². The maximum absolute atomic E-state index is 11.7. The lowest BCUT2D eigenvalue weighted by atomic mass is 9.95. The van der Waals surface area contributed by atoms with Gasteiger partial charge in [-0.15, -0.1) is 0 Å². The van der Waals surface area contributed by atoms with Gasteiger partial charge in [-0.2, -0.15) is 0 Å². The Morgan fingerprint density at radius 3 is 2.29 bits per heavy atom. The summed E-state index contributed by atoms with van der Waals surface area (Å²) in [5, 5.41) is 15.4. The van der Waals surface area contributed by atoms with Crippen molar-refractivity contribution in [1.82, 2.24) is 10.6 Å². The number of ether oxygens (including phenoxy) is 1. The lowest BCUT2D eigenvalue weighted by molar-refractivity contribution is 0.0514. The summed E-state index contributed by atoms with van der Waals surface area (Å²) in [4.78, 5) is 11.7. The van der Waals surface area contributed by atoms with Crippen molar-refractivity contribution in [3.63, 3.8) is 0 Å². The van der Waals surface area contributed by atoms with Crippen LogP contribution in [0.25, 0.3) is 0 Å². The zero-order chi connectivity index (χ0) is 16.5. The van der Waals surface area contributed by atoms with E-state index in [9.17, 15) is 9.90 Å². The first-order valence-corrected chi connectivity index (χ1v) is 7.97. The molecule has 0 rings (SSSR count). The first kappa shape index (κ1) is 20.2. The summed E-state index contributed by atoms with van der Waals surface area (Å²) in [7, 11) is 0. The lowest BCUT2D eigenvalue weighted by Gasteiger charge is -2.24. The van der Waals surface area contributed by atoms with Gasteiger partial charge < -0.3 is 20.5 Å². The molecule has 1 amide bonds. The molecule has 0 radical (unpaired) electrons. The maximum Gasteiger partial charge on any atom is 0.407 e. The second-order valence-electron chi connectivity index (χ2n) is 7.08. The summed E-state index contributed by atoms with van der Waals surface area (Å²) in [5.74, 6) is 0.841. The van der Waals surface area contributed by atoms with Crippen molar-refractivity contribution in [3.8, 4) is 0 Å². The zero-order valence-electron chi connectivity index (χ0n) is 14.5. The van der Waals surface area contributed by atoms with Crippen LogP contribution in [0.3, 0.4) is 0 Å². The normalized spacial score (nSPS) is 14.9. The molecule has 0 heterocycles. The van der Waals surface area contributed by atoms with E-state index in [4.69, 9.17) is 4.74 Å². The molecule has 0 saturated heterocycles. The highest BCUT2D eigenvalue weighted by Gasteiger charge is 2.18. The van der Waals surface area contributed by atoms with Crippen LogP contribution in [-0.2, 0) is 4.74 Å². The van der Waals surface area contributed by atoms with Crippen molar-refractivity contribution in [2.24, 2.45) is 11.8 Å². The smallest absolute Gasteiger partial charge is 0.407 e. The molecule has 0 spiro atoms. The van der Waals surface area contributed by atoms with Gasteiger partial charge in [0, 0.05) is 6.54 Å². The van der Waals surface area contributed by atoms with Gasteiger partial charge in [0.1, 0.15) is 5.60 Å². The number of nitrogens with one attached hydrogen (secondary N) is 2. The molecule has 126 valence electrons. The van der Waals surface area contributed by atoms with Gasteiger partial charge in [0.2, 0.25) is 0 Å². The third-order valence-electron chi connectivity index (χ3n) is 3.23. The van der Waals surface area contributed by atoms with Crippen molar-refractivity contribution in [2.45, 2.75) is 66.1 Å². The topological polar surface area (TPSA) is 70.6 Å². The van der Waals surface area contributed by atoms with Crippen LogP contribution in [0.1, 0.15) is 54.4 Å². The van der Waals surface area contributed by atoms with E-state index in [-0.39, 0.29) is 12.2 Å². The molecule has 0 aromatic carbocycles. The Hall–Kier alpha value is -0.810. The molecule has 0 aliphatic rings. The van der Waals surface area contributed by atoms with E-state index in [1.807, 2.05) is 27.7 Å². The average Bonchev–Trinajstić information content (AvgIpc) is 2.29. The molecule has 5 nitrogen and oxygen atoms in total. The molecule has 0 bridgehead atoms. The molecule has 0 fully saturated rings. The Bertz CT molecular complexity index is 286. The quantitative estimate of drug-likeness (QED) is 0.572. The molecule has 3 N–H and O–H groups in total. The molecule has 21 heavy (non-hydrogen) atoms. The average molecular weight is 302 g/mol. The van der Waals surface area contributed by atoms with Crippen LogP contribution in [0.2, 0.25) is 0 Å². The Kier molecular flexibility index (Phi) is 9.62. The lowest BCUT2D eigenvalue weighted by Crippen LogP contribution is -2.39. The largest absolute Gasteiger partial charge is 0.444 e. The second-order valence-corrected chi connectivity index (χ2v) is 7.08. The number of hydrogen-bond donors (Lipinski definition) is 3. The highest BCUT2D eigenvalue weighted by Crippen LogP contribution is 2.10. The van der Waals surface area contributed by atoms with Crippen LogP contribution in [0.5, 0.6) is 0 Å². The molecule has 0 saturated carbocycles. The van der Waals surface area contributed by atoms with E-state index in [2.05, 4.69) is 24.5 Å². The van der Waals surface area contributed by atoms with Gasteiger partial charge in [-0.05, 0) is 65.5 Å². The Balaban J connectivity index is 3.95. The van der Waals surface area contributed by atoms with Crippen LogP contribution in [-0.4, -0.2) is 42.5 Å². The first-order chi connectivity index (χ1) is 9.61. The summed E-state index contributed by atoms with van der Waals surface area (Å²) in [6, 6.07) is 0. The van der Waals surface area contributed by atoms with Gasteiger partial charge in [0.05, 0.1) is 6.10 Å². The fraction of sp³-hybridized carbons (Fsp3) is 0.938. The number of amides is 1. The van der Waals surface area contributed by atoms with Crippen molar-refractivity contribution in [3.05, 3.63) is 0 Å². The predicted octanol–water partition coefficient (Wildman–Crippen LogP) is 2.53. The highest BCUT2D eigenvalue weighted by atomic mass is 16.6. The van der Waals surface area contributed by atoms with Crippen LogP contribution in [0.15, 0.2) is 0 Å². The molecule has 0 aliphatic carbocycles. The molecule has 0 aromatic heterocycles. The van der Waals surface area contributed by atoms with Gasteiger partial charge in [0.25, 0.3) is 0 Å². The molecule has 2 atom stereocenters. The van der Waals surface area contributed by atoms with Crippen LogP contribution in [0, 0.1) is 11.8 Å². The van der Waals surface area contributed by atoms with Gasteiger partial charge >= 0.3 is 6.09 Å². The van der Waals surface area contributed by atoms with Crippen LogP contribution in [0.4, 0.5) is 4.79 Å². The molecular formula is C16H34N2O3. The van der Waals surface area contributed by atoms with Gasteiger partial charge in [-0.25, -0.2) is 4.79 Å². The summed E-state index contributed by atoms with van der Waals surface area (Å²) in [6.45, 7) is 14.0. The van der Waals surface area contributed by atoms with Crippen LogP contribution >= 0.6 is 0 Å². The van der Waals surface area contributed by atoms with Gasteiger partial charge in [0.15, 0.2) is 0 Å². The third kappa shape index (κ3) is 12.6. The van der Waals surface area contributed by atoms with E-state index in [0.717, 1.165) is 25.9 Å². The second kappa shape index (κ2) is 10.0. The molecule has 0 aromatic rings. The molecular weight excluding hydrogens is 268 g/mol. The third-order valence-corrected chi connectivity index (χ3v) is 3.23. The number of carbonyl (C=O) groups excluding carboxylic acids is 1. The van der Waals surface area contributed by atoms with Gasteiger partial charge in [-0.1, -0.05) is 13.8 Å². The number of aliphatic hydroxyl groups excluding tert-OH is 1. The highest BCUT2D eigenvalue weighted by molar-refractivity contribution is 5.67. The van der Waals surface area contributed by atoms with Crippen LogP contribution < -0.4 is 10.6 Å². The monoisotopic (exact) mass is 302 g/mol. The SMILES string of the molecule is CC(O)CCCNCC(CNC(=O)OC(C)(C)C)C(C)C. The number of carbonyl (C=O) groups is 1. The Morgan fingerprint density at radius 2 is 1.81 bits per heavy atom. The van der Waals surface area contributed by atoms with Crippen molar-refractivity contribution >= 4 is 6.09 Å². The number of hydrogen-bond acceptors (Lipinski definition) is 4. The maximum atomic E-state index is 11.7. The predicted molar refractivity (Wildman–Crippen MR) is 86.3 cm³/mol. The Morgan fingerprint density at radius 1 is 1.19 bits per heavy atom.